The van der Waals surface area contributed by atoms with Crippen LogP contribution in [0, 0.1) is 0 Å². The molecule has 0 aliphatic carbocycles. The number of pyridine rings is 1. The van der Waals surface area contributed by atoms with Crippen molar-refractivity contribution in [3.05, 3.63) is 69.6 Å². The van der Waals surface area contributed by atoms with Crippen LogP contribution >= 0.6 is 23.2 Å². The van der Waals surface area contributed by atoms with E-state index in [0.29, 0.717) is 29.4 Å². The average Bonchev–Trinajstić information content (AvgIpc) is 3.44. The van der Waals surface area contributed by atoms with Gasteiger partial charge >= 0.3 is 0 Å². The molecule has 1 amide bonds. The highest BCUT2D eigenvalue weighted by Gasteiger charge is 2.39. The second-order valence-corrected chi connectivity index (χ2v) is 8.64. The van der Waals surface area contributed by atoms with E-state index in [2.05, 4.69) is 20.1 Å². The highest BCUT2D eigenvalue weighted by molar-refractivity contribution is 6.33. The number of amides is 1. The van der Waals surface area contributed by atoms with Crippen molar-refractivity contribution in [2.75, 3.05) is 6.54 Å². The van der Waals surface area contributed by atoms with Crippen molar-refractivity contribution in [2.45, 2.75) is 31.9 Å². The molecular weight excluding hydrogens is 443 g/mol. The number of H-pyrrole nitrogens is 1. The lowest BCUT2D eigenvalue weighted by Gasteiger charge is -2.33. The number of carbonyl (C=O) groups excluding carboxylic acids is 1. The molecule has 0 fully saturated rings. The fraction of sp³-hybridized carbons (Fsp3) is 0.300. The Balaban J connectivity index is 1.61. The maximum absolute atomic E-state index is 13.5. The van der Waals surface area contributed by atoms with Crippen molar-refractivity contribution in [2.24, 2.45) is 0 Å². The predicted octanol–water partition coefficient (Wildman–Crippen LogP) is 3.37. The van der Waals surface area contributed by atoms with Crippen LogP contribution in [0.3, 0.4) is 0 Å². The van der Waals surface area contributed by atoms with Crippen molar-refractivity contribution in [3.8, 4) is 0 Å². The zero-order valence-corrected chi connectivity index (χ0v) is 18.1. The van der Waals surface area contributed by atoms with Crippen molar-refractivity contribution in [1.29, 1.82) is 0 Å². The van der Waals surface area contributed by atoms with Crippen LogP contribution in [0.1, 0.15) is 53.4 Å². The van der Waals surface area contributed by atoms with Crippen LogP contribution in [0.25, 0.3) is 5.52 Å². The minimum Gasteiger partial charge on any atom is -0.431 e. The number of nitrogens with one attached hydrogen (secondary N) is 1. The van der Waals surface area contributed by atoms with Gasteiger partial charge in [-0.3, -0.25) is 4.79 Å². The van der Waals surface area contributed by atoms with E-state index in [1.807, 2.05) is 6.07 Å². The van der Waals surface area contributed by atoms with Crippen LogP contribution in [-0.4, -0.2) is 47.0 Å². The first-order chi connectivity index (χ1) is 14.7. The molecule has 1 atom stereocenters. The van der Waals surface area contributed by atoms with Crippen LogP contribution in [0.15, 0.2) is 35.1 Å². The van der Waals surface area contributed by atoms with Crippen molar-refractivity contribution in [3.63, 3.8) is 0 Å². The lowest BCUT2D eigenvalue weighted by atomic mass is 9.99. The first kappa shape index (κ1) is 20.0. The summed E-state index contributed by atoms with van der Waals surface area (Å²) in [6.45, 7) is 3.39. The van der Waals surface area contributed by atoms with E-state index in [0.717, 1.165) is 11.2 Å². The molecule has 0 aromatic carbocycles. The monoisotopic (exact) mass is 460 g/mol. The standard InChI is InChI=1S/C20H18Cl2N6O3/c1-20(2,30)19-25-17(22)16(31-19)18(29)27-7-5-11-14(24-9-23-11)15(27)12-8-13-10(21)4-3-6-28(13)26-12/h3-4,6,8-9,15,30H,5,7H2,1-2H3,(H,23,24)/t15-/m1/s1. The summed E-state index contributed by atoms with van der Waals surface area (Å²) in [4.78, 5) is 26.7. The summed E-state index contributed by atoms with van der Waals surface area (Å²) in [5.74, 6) is -0.631. The Morgan fingerprint density at radius 1 is 1.39 bits per heavy atom. The maximum atomic E-state index is 13.5. The summed E-state index contributed by atoms with van der Waals surface area (Å²) in [7, 11) is 0. The highest BCUT2D eigenvalue weighted by Crippen LogP contribution is 2.36. The zero-order valence-electron chi connectivity index (χ0n) is 16.6. The molecule has 160 valence electrons. The summed E-state index contributed by atoms with van der Waals surface area (Å²) in [5.41, 5.74) is 1.57. The number of rotatable bonds is 3. The number of aromatic nitrogens is 5. The van der Waals surface area contributed by atoms with Crippen molar-refractivity contribution < 1.29 is 14.3 Å². The normalized spacial score (nSPS) is 16.7. The Hall–Kier alpha value is -2.88. The molecule has 9 nitrogen and oxygen atoms in total. The third-order valence-electron chi connectivity index (χ3n) is 5.24. The quantitative estimate of drug-likeness (QED) is 0.484. The van der Waals surface area contributed by atoms with Gasteiger partial charge in [-0.2, -0.15) is 10.1 Å². The number of fused-ring (bicyclic) bond motifs is 2. The Labute approximate surface area is 186 Å². The lowest BCUT2D eigenvalue weighted by molar-refractivity contribution is 0.0440. The van der Waals surface area contributed by atoms with Gasteiger partial charge in [0, 0.05) is 24.9 Å². The van der Waals surface area contributed by atoms with Gasteiger partial charge in [-0.1, -0.05) is 23.2 Å². The van der Waals surface area contributed by atoms with Gasteiger partial charge in [-0.25, -0.2) is 9.50 Å². The van der Waals surface area contributed by atoms with Crippen molar-refractivity contribution in [1.82, 2.24) is 29.5 Å². The van der Waals surface area contributed by atoms with E-state index < -0.39 is 17.6 Å². The molecule has 0 unspecified atom stereocenters. The van der Waals surface area contributed by atoms with Gasteiger partial charge in [-0.05, 0) is 32.0 Å². The molecule has 5 heterocycles. The van der Waals surface area contributed by atoms with Gasteiger partial charge < -0.3 is 19.4 Å². The van der Waals surface area contributed by atoms with Crippen LogP contribution in [0.4, 0.5) is 0 Å². The number of nitrogens with zero attached hydrogens (tertiary/aromatic N) is 5. The molecule has 4 aromatic heterocycles. The molecule has 1 aliphatic heterocycles. The van der Waals surface area contributed by atoms with Gasteiger partial charge in [0.05, 0.1) is 28.3 Å². The Bertz CT molecular complexity index is 1300. The lowest BCUT2D eigenvalue weighted by Crippen LogP contribution is -2.41. The minimum atomic E-state index is -1.38. The molecule has 0 saturated carbocycles. The number of aromatic amines is 1. The zero-order chi connectivity index (χ0) is 21.9. The van der Waals surface area contributed by atoms with Crippen LogP contribution in [0.2, 0.25) is 10.2 Å². The first-order valence-corrected chi connectivity index (χ1v) is 10.4. The maximum Gasteiger partial charge on any atom is 0.293 e. The van der Waals surface area contributed by atoms with Gasteiger partial charge in [-0.15, -0.1) is 0 Å². The summed E-state index contributed by atoms with van der Waals surface area (Å²) in [6, 6.07) is 4.83. The number of hydrogen-bond donors (Lipinski definition) is 2. The first-order valence-electron chi connectivity index (χ1n) is 9.60. The summed E-state index contributed by atoms with van der Waals surface area (Å²) < 4.78 is 7.23. The molecule has 0 bridgehead atoms. The van der Waals surface area contributed by atoms with E-state index in [1.165, 1.54) is 13.8 Å². The molecule has 1 aliphatic rings. The largest absolute Gasteiger partial charge is 0.431 e. The minimum absolute atomic E-state index is 0.0330. The number of carbonyl (C=O) groups is 1. The van der Waals surface area contributed by atoms with Gasteiger partial charge in [0.25, 0.3) is 5.91 Å². The number of hydrogen-bond acceptors (Lipinski definition) is 6. The van der Waals surface area contributed by atoms with Gasteiger partial charge in [0.15, 0.2) is 5.15 Å². The van der Waals surface area contributed by atoms with Crippen LogP contribution in [-0.2, 0) is 12.0 Å². The fourth-order valence-corrected chi connectivity index (χ4v) is 4.16. The second kappa shape index (κ2) is 7.08. The Morgan fingerprint density at radius 2 is 2.19 bits per heavy atom. The molecule has 31 heavy (non-hydrogen) atoms. The summed E-state index contributed by atoms with van der Waals surface area (Å²) in [5, 5.41) is 15.3. The smallest absolute Gasteiger partial charge is 0.293 e. The molecule has 0 saturated heterocycles. The molecule has 5 rings (SSSR count). The topological polar surface area (TPSA) is 113 Å². The van der Waals surface area contributed by atoms with E-state index in [9.17, 15) is 9.90 Å². The van der Waals surface area contributed by atoms with Crippen LogP contribution < -0.4 is 0 Å². The number of aliphatic hydroxyl groups is 1. The molecule has 4 aromatic rings. The molecule has 0 radical (unpaired) electrons. The summed E-state index contributed by atoms with van der Waals surface area (Å²) >= 11 is 12.5. The number of imidazole rings is 1. The van der Waals surface area contributed by atoms with Gasteiger partial charge in [0.2, 0.25) is 11.7 Å². The Morgan fingerprint density at radius 3 is 2.90 bits per heavy atom. The number of oxazole rings is 1. The molecular formula is C20H18Cl2N6O3. The fourth-order valence-electron chi connectivity index (χ4n) is 3.75. The summed E-state index contributed by atoms with van der Waals surface area (Å²) in [6.07, 6.45) is 3.96. The second-order valence-electron chi connectivity index (χ2n) is 7.87. The molecule has 2 N–H and O–H groups in total. The SMILES string of the molecule is CC(C)(O)c1nc(Cl)c(C(=O)N2CCc3[nH]cnc3[C@H]2c2cc3c(Cl)cccn3n2)o1. The average molecular weight is 461 g/mol. The van der Waals surface area contributed by atoms with E-state index in [-0.39, 0.29) is 16.8 Å². The predicted molar refractivity (Wildman–Crippen MR) is 112 cm³/mol. The highest BCUT2D eigenvalue weighted by atomic mass is 35.5. The van der Waals surface area contributed by atoms with E-state index in [1.54, 1.807) is 34.1 Å². The van der Waals surface area contributed by atoms with E-state index in [4.69, 9.17) is 27.6 Å². The van der Waals surface area contributed by atoms with Crippen LogP contribution in [0.5, 0.6) is 0 Å². The van der Waals surface area contributed by atoms with Gasteiger partial charge in [0.1, 0.15) is 11.6 Å². The molecule has 0 spiro atoms. The Kier molecular flexibility index (Phi) is 4.58. The van der Waals surface area contributed by atoms with Crippen molar-refractivity contribution >= 4 is 34.6 Å². The third-order valence-corrected chi connectivity index (χ3v) is 5.81. The van der Waals surface area contributed by atoms with E-state index >= 15 is 0 Å². The molecule has 11 heteroatoms. The third kappa shape index (κ3) is 3.29. The number of halogens is 2.